The summed E-state index contributed by atoms with van der Waals surface area (Å²) >= 11 is 0. The second-order valence-corrected chi connectivity index (χ2v) is 4.21. The summed E-state index contributed by atoms with van der Waals surface area (Å²) in [7, 11) is 0. The average Bonchev–Trinajstić information content (AvgIpc) is 2.08. The Balaban J connectivity index is 2.89. The Hall–Kier alpha value is -0.900. The average molecular weight is 200 g/mol. The molecule has 4 heteroatoms. The number of hydrogen-bond acceptors (Lipinski definition) is 3. The first kappa shape index (κ1) is 11.2. The molecule has 1 atom stereocenters. The van der Waals surface area contributed by atoms with Crippen LogP contribution in [0.4, 0.5) is 0 Å². The Bertz CT molecular complexity index is 247. The van der Waals surface area contributed by atoms with Crippen molar-refractivity contribution in [3.63, 3.8) is 0 Å². The maximum Gasteiger partial charge on any atom is 0.319 e. The molecule has 0 spiro atoms. The fraction of sp³-hybridized carbons (Fsp3) is 0.800. The Morgan fingerprint density at radius 1 is 1.64 bits per heavy atom. The van der Waals surface area contributed by atoms with E-state index in [1.165, 1.54) is 0 Å². The van der Waals surface area contributed by atoms with E-state index in [-0.39, 0.29) is 24.7 Å². The van der Waals surface area contributed by atoms with Gasteiger partial charge < -0.3 is 9.84 Å². The Morgan fingerprint density at radius 3 is 2.71 bits per heavy atom. The topological polar surface area (TPSA) is 63.6 Å². The number of ether oxygens (including phenoxy) is 1. The van der Waals surface area contributed by atoms with E-state index >= 15 is 0 Å². The van der Waals surface area contributed by atoms with Gasteiger partial charge >= 0.3 is 5.97 Å². The van der Waals surface area contributed by atoms with E-state index in [0.29, 0.717) is 13.0 Å². The molecule has 1 saturated heterocycles. The van der Waals surface area contributed by atoms with E-state index in [4.69, 9.17) is 9.84 Å². The second kappa shape index (κ2) is 4.09. The third kappa shape index (κ3) is 1.95. The predicted molar refractivity (Wildman–Crippen MR) is 50.0 cm³/mol. The zero-order valence-corrected chi connectivity index (χ0v) is 8.58. The van der Waals surface area contributed by atoms with E-state index in [9.17, 15) is 9.59 Å². The molecule has 1 heterocycles. The van der Waals surface area contributed by atoms with Gasteiger partial charge in [-0.1, -0.05) is 13.8 Å². The van der Waals surface area contributed by atoms with Gasteiger partial charge in [-0.2, -0.15) is 0 Å². The molecule has 1 N–H and O–H groups in total. The molecule has 14 heavy (non-hydrogen) atoms. The number of rotatable bonds is 3. The molecular formula is C10H16O4. The summed E-state index contributed by atoms with van der Waals surface area (Å²) in [6.07, 6.45) is 0.584. The molecule has 4 nitrogen and oxygen atoms in total. The van der Waals surface area contributed by atoms with E-state index in [1.54, 1.807) is 0 Å². The molecule has 0 amide bonds. The molecule has 0 aromatic rings. The molecule has 0 aliphatic carbocycles. The Morgan fingerprint density at radius 2 is 2.29 bits per heavy atom. The summed E-state index contributed by atoms with van der Waals surface area (Å²) in [6.45, 7) is 4.20. The fourth-order valence-corrected chi connectivity index (χ4v) is 1.87. The van der Waals surface area contributed by atoms with Crippen LogP contribution >= 0.6 is 0 Å². The number of ketones is 1. The molecule has 1 fully saturated rings. The van der Waals surface area contributed by atoms with Crippen molar-refractivity contribution >= 4 is 11.8 Å². The first-order valence-corrected chi connectivity index (χ1v) is 4.83. The Kier molecular flexibility index (Phi) is 3.26. The van der Waals surface area contributed by atoms with Crippen LogP contribution in [0.5, 0.6) is 0 Å². The molecule has 1 rings (SSSR count). The number of hydrogen-bond donors (Lipinski definition) is 1. The highest BCUT2D eigenvalue weighted by Gasteiger charge is 2.47. The normalized spacial score (nSPS) is 28.1. The fourth-order valence-electron chi connectivity index (χ4n) is 1.87. The zero-order valence-electron chi connectivity index (χ0n) is 8.58. The van der Waals surface area contributed by atoms with Crippen molar-refractivity contribution in [3.8, 4) is 0 Å². The third-order valence-electron chi connectivity index (χ3n) is 2.52. The van der Waals surface area contributed by atoms with Crippen molar-refractivity contribution in [1.29, 1.82) is 0 Å². The minimum atomic E-state index is -1.29. The van der Waals surface area contributed by atoms with Crippen LogP contribution in [0.15, 0.2) is 0 Å². The van der Waals surface area contributed by atoms with Crippen LogP contribution in [-0.2, 0) is 14.3 Å². The van der Waals surface area contributed by atoms with Crippen LogP contribution in [0, 0.1) is 11.3 Å². The standard InChI is InChI=1S/C10H16O4/c1-7(2)5-10(9(12)13)6-14-4-3-8(10)11/h7H,3-6H2,1-2H3,(H,12,13). The third-order valence-corrected chi connectivity index (χ3v) is 2.52. The van der Waals surface area contributed by atoms with Crippen LogP contribution in [0.2, 0.25) is 0 Å². The van der Waals surface area contributed by atoms with E-state index < -0.39 is 11.4 Å². The van der Waals surface area contributed by atoms with E-state index in [2.05, 4.69) is 0 Å². The molecule has 1 unspecified atom stereocenters. The largest absolute Gasteiger partial charge is 0.480 e. The van der Waals surface area contributed by atoms with E-state index in [1.807, 2.05) is 13.8 Å². The van der Waals surface area contributed by atoms with Gasteiger partial charge in [-0.05, 0) is 12.3 Å². The van der Waals surface area contributed by atoms with Crippen molar-refractivity contribution in [2.45, 2.75) is 26.7 Å². The number of aliphatic carboxylic acids is 1. The molecule has 0 aromatic carbocycles. The lowest BCUT2D eigenvalue weighted by Crippen LogP contribution is -2.47. The summed E-state index contributed by atoms with van der Waals surface area (Å²) in [5.41, 5.74) is -1.29. The lowest BCUT2D eigenvalue weighted by molar-refractivity contribution is -0.165. The van der Waals surface area contributed by atoms with Crippen LogP contribution in [0.25, 0.3) is 0 Å². The lowest BCUT2D eigenvalue weighted by Gasteiger charge is -2.32. The number of carboxylic acids is 1. The van der Waals surface area contributed by atoms with Crippen LogP contribution < -0.4 is 0 Å². The van der Waals surface area contributed by atoms with E-state index in [0.717, 1.165) is 0 Å². The zero-order chi connectivity index (χ0) is 10.8. The molecule has 0 radical (unpaired) electrons. The minimum Gasteiger partial charge on any atom is -0.480 e. The molecule has 0 bridgehead atoms. The summed E-state index contributed by atoms with van der Waals surface area (Å²) in [5.74, 6) is -1.06. The van der Waals surface area contributed by atoms with Gasteiger partial charge in [-0.25, -0.2) is 0 Å². The maximum absolute atomic E-state index is 11.6. The van der Waals surface area contributed by atoms with Crippen molar-refractivity contribution in [1.82, 2.24) is 0 Å². The van der Waals surface area contributed by atoms with Crippen molar-refractivity contribution in [2.75, 3.05) is 13.2 Å². The SMILES string of the molecule is CC(C)CC1(C(=O)O)COCCC1=O. The number of carbonyl (C=O) groups excluding carboxylic acids is 1. The first-order valence-electron chi connectivity index (χ1n) is 4.83. The quantitative estimate of drug-likeness (QED) is 0.693. The summed E-state index contributed by atoms with van der Waals surface area (Å²) in [5, 5.41) is 9.11. The van der Waals surface area contributed by atoms with Crippen molar-refractivity contribution < 1.29 is 19.4 Å². The molecule has 1 aliphatic heterocycles. The highest BCUT2D eigenvalue weighted by Crippen LogP contribution is 2.32. The Labute approximate surface area is 83.2 Å². The van der Waals surface area contributed by atoms with Crippen LogP contribution in [0.3, 0.4) is 0 Å². The molecule has 1 aliphatic rings. The van der Waals surface area contributed by atoms with Crippen molar-refractivity contribution in [2.24, 2.45) is 11.3 Å². The van der Waals surface area contributed by atoms with Gasteiger partial charge in [0.05, 0.1) is 13.2 Å². The van der Waals surface area contributed by atoms with Gasteiger partial charge in [0.25, 0.3) is 0 Å². The van der Waals surface area contributed by atoms with Crippen molar-refractivity contribution in [3.05, 3.63) is 0 Å². The van der Waals surface area contributed by atoms with Gasteiger partial charge in [-0.15, -0.1) is 0 Å². The summed E-state index contributed by atoms with van der Waals surface area (Å²) < 4.78 is 5.12. The van der Waals surface area contributed by atoms with Gasteiger partial charge in [0, 0.05) is 6.42 Å². The number of Topliss-reactive ketones (excluding diaryl/α,β-unsaturated/α-hetero) is 1. The maximum atomic E-state index is 11.6. The second-order valence-electron chi connectivity index (χ2n) is 4.21. The van der Waals surface area contributed by atoms with Gasteiger partial charge in [0.1, 0.15) is 5.41 Å². The van der Waals surface area contributed by atoms with Crippen LogP contribution in [0.1, 0.15) is 26.7 Å². The molecule has 0 aromatic heterocycles. The summed E-state index contributed by atoms with van der Waals surface area (Å²) in [4.78, 5) is 22.8. The number of carboxylic acid groups (broad SMARTS) is 1. The smallest absolute Gasteiger partial charge is 0.319 e. The molecule has 80 valence electrons. The monoisotopic (exact) mass is 200 g/mol. The minimum absolute atomic E-state index is 0.0271. The van der Waals surface area contributed by atoms with Gasteiger partial charge in [0.15, 0.2) is 5.78 Å². The highest BCUT2D eigenvalue weighted by atomic mass is 16.5. The molecular weight excluding hydrogens is 184 g/mol. The molecule has 0 saturated carbocycles. The lowest BCUT2D eigenvalue weighted by atomic mass is 9.75. The summed E-state index contributed by atoms with van der Waals surface area (Å²) in [6, 6.07) is 0. The van der Waals surface area contributed by atoms with Gasteiger partial charge in [0.2, 0.25) is 0 Å². The van der Waals surface area contributed by atoms with Gasteiger partial charge in [-0.3, -0.25) is 9.59 Å². The predicted octanol–water partition coefficient (Wildman–Crippen LogP) is 1.09. The highest BCUT2D eigenvalue weighted by molar-refractivity contribution is 6.03. The number of carbonyl (C=O) groups is 2. The van der Waals surface area contributed by atoms with Crippen LogP contribution in [-0.4, -0.2) is 30.1 Å². The first-order chi connectivity index (χ1) is 6.49.